The third-order valence-corrected chi connectivity index (χ3v) is 4.80. The second-order valence-electron chi connectivity index (χ2n) is 6.49. The lowest BCUT2D eigenvalue weighted by Gasteiger charge is -2.28. The van der Waals surface area contributed by atoms with Crippen LogP contribution in [0.5, 0.6) is 11.5 Å². The molecule has 2 aromatic rings. The van der Waals surface area contributed by atoms with E-state index < -0.39 is 12.0 Å². The molecule has 7 heteroatoms. The van der Waals surface area contributed by atoms with E-state index in [1.807, 2.05) is 13.0 Å². The number of benzene rings is 2. The highest BCUT2D eigenvalue weighted by Gasteiger charge is 2.35. The Kier molecular flexibility index (Phi) is 5.73. The monoisotopic (exact) mass is 384 g/mol. The number of nitrogen functional groups attached to an aromatic ring is 1. The molecule has 28 heavy (non-hydrogen) atoms. The van der Waals surface area contributed by atoms with E-state index >= 15 is 0 Å². The van der Waals surface area contributed by atoms with Crippen molar-refractivity contribution in [3.8, 4) is 11.5 Å². The van der Waals surface area contributed by atoms with Crippen LogP contribution in [-0.2, 0) is 16.1 Å². The molecule has 0 fully saturated rings. The van der Waals surface area contributed by atoms with Crippen molar-refractivity contribution in [2.24, 2.45) is 0 Å². The largest absolute Gasteiger partial charge is 0.493 e. The number of esters is 1. The van der Waals surface area contributed by atoms with Crippen molar-refractivity contribution in [2.45, 2.75) is 25.9 Å². The topological polar surface area (TPSA) is 91.1 Å². The summed E-state index contributed by atoms with van der Waals surface area (Å²) in [6.45, 7) is 2.72. The summed E-state index contributed by atoms with van der Waals surface area (Å²) < 4.78 is 15.9. The van der Waals surface area contributed by atoms with Crippen molar-refractivity contribution in [3.63, 3.8) is 0 Å². The number of nitrogens with zero attached hydrogens (tertiary/aromatic N) is 1. The SMILES string of the molecule is CCOc1cc(C(CC(=O)OC)N2Cc3cc(N)ccc3C2=O)ccc1OC. The first-order valence-electron chi connectivity index (χ1n) is 9.05. The number of amides is 1. The molecule has 0 spiro atoms. The van der Waals surface area contributed by atoms with E-state index in [0.29, 0.717) is 35.9 Å². The van der Waals surface area contributed by atoms with Crippen molar-refractivity contribution >= 4 is 17.6 Å². The molecule has 7 nitrogen and oxygen atoms in total. The van der Waals surface area contributed by atoms with E-state index in [2.05, 4.69) is 0 Å². The van der Waals surface area contributed by atoms with Gasteiger partial charge in [-0.25, -0.2) is 0 Å². The van der Waals surface area contributed by atoms with Gasteiger partial charge in [-0.2, -0.15) is 0 Å². The maximum Gasteiger partial charge on any atom is 0.307 e. The molecule has 1 unspecified atom stereocenters. The number of fused-ring (bicyclic) bond motifs is 1. The molecule has 0 aliphatic carbocycles. The third kappa shape index (κ3) is 3.74. The van der Waals surface area contributed by atoms with Crippen molar-refractivity contribution in [3.05, 3.63) is 53.1 Å². The van der Waals surface area contributed by atoms with Gasteiger partial charge in [0, 0.05) is 17.8 Å². The Morgan fingerprint density at radius 1 is 1.18 bits per heavy atom. The molecule has 2 aromatic carbocycles. The third-order valence-electron chi connectivity index (χ3n) is 4.80. The van der Waals surface area contributed by atoms with Gasteiger partial charge in [0.1, 0.15) is 0 Å². The molecule has 1 atom stereocenters. The second kappa shape index (κ2) is 8.21. The highest BCUT2D eigenvalue weighted by atomic mass is 16.5. The Morgan fingerprint density at radius 2 is 1.96 bits per heavy atom. The van der Waals surface area contributed by atoms with Crippen LogP contribution in [-0.4, -0.2) is 37.6 Å². The van der Waals surface area contributed by atoms with Crippen LogP contribution >= 0.6 is 0 Å². The van der Waals surface area contributed by atoms with Gasteiger partial charge < -0.3 is 24.8 Å². The van der Waals surface area contributed by atoms with Crippen molar-refractivity contribution in [2.75, 3.05) is 26.6 Å². The van der Waals surface area contributed by atoms with Gasteiger partial charge in [0.25, 0.3) is 5.91 Å². The lowest BCUT2D eigenvalue weighted by molar-refractivity contribution is -0.141. The van der Waals surface area contributed by atoms with Crippen molar-refractivity contribution < 1.29 is 23.8 Å². The summed E-state index contributed by atoms with van der Waals surface area (Å²) in [5.74, 6) is 0.608. The molecule has 0 bridgehead atoms. The molecule has 148 valence electrons. The first kappa shape index (κ1) is 19.5. The van der Waals surface area contributed by atoms with Gasteiger partial charge in [-0.1, -0.05) is 6.07 Å². The maximum absolute atomic E-state index is 13.0. The summed E-state index contributed by atoms with van der Waals surface area (Å²) in [4.78, 5) is 26.8. The summed E-state index contributed by atoms with van der Waals surface area (Å²) in [5.41, 5.74) is 8.67. The maximum atomic E-state index is 13.0. The molecule has 0 saturated carbocycles. The molecule has 1 amide bonds. The smallest absolute Gasteiger partial charge is 0.307 e. The van der Waals surface area contributed by atoms with Crippen LogP contribution in [0.15, 0.2) is 36.4 Å². The summed E-state index contributed by atoms with van der Waals surface area (Å²) in [6.07, 6.45) is 0.0314. The lowest BCUT2D eigenvalue weighted by atomic mass is 10.0. The number of carbonyl (C=O) groups excluding carboxylic acids is 2. The number of anilines is 1. The van der Waals surface area contributed by atoms with Gasteiger partial charge in [-0.05, 0) is 48.4 Å². The summed E-state index contributed by atoms with van der Waals surface area (Å²) in [6, 6.07) is 10.1. The Bertz CT molecular complexity index is 896. The van der Waals surface area contributed by atoms with Gasteiger partial charge >= 0.3 is 5.97 Å². The first-order valence-corrected chi connectivity index (χ1v) is 9.05. The predicted molar refractivity (Wildman–Crippen MR) is 104 cm³/mol. The molecule has 0 saturated heterocycles. The minimum atomic E-state index is -0.501. The van der Waals surface area contributed by atoms with Crippen LogP contribution < -0.4 is 15.2 Å². The summed E-state index contributed by atoms with van der Waals surface area (Å²) >= 11 is 0. The molecular weight excluding hydrogens is 360 g/mol. The van der Waals surface area contributed by atoms with Crippen LogP contribution in [0.25, 0.3) is 0 Å². The average molecular weight is 384 g/mol. The fraction of sp³-hybridized carbons (Fsp3) is 0.333. The van der Waals surface area contributed by atoms with E-state index in [4.69, 9.17) is 19.9 Å². The number of hydrogen-bond donors (Lipinski definition) is 1. The summed E-state index contributed by atoms with van der Waals surface area (Å²) in [5, 5.41) is 0. The molecule has 1 aliphatic rings. The zero-order valence-corrected chi connectivity index (χ0v) is 16.2. The summed E-state index contributed by atoms with van der Waals surface area (Å²) in [7, 11) is 2.90. The number of carbonyl (C=O) groups is 2. The number of nitrogens with two attached hydrogens (primary N) is 1. The van der Waals surface area contributed by atoms with E-state index in [-0.39, 0.29) is 12.3 Å². The highest BCUT2D eigenvalue weighted by Crippen LogP contribution is 2.38. The second-order valence-corrected chi connectivity index (χ2v) is 6.49. The minimum Gasteiger partial charge on any atom is -0.493 e. The molecular formula is C21H24N2O5. The van der Waals surface area contributed by atoms with E-state index in [9.17, 15) is 9.59 Å². The number of ether oxygens (including phenoxy) is 3. The standard InChI is InChI=1S/C21H24N2O5/c1-4-28-19-10-13(5-8-18(19)26-2)17(11-20(24)27-3)23-12-14-9-15(22)6-7-16(14)21(23)25/h5-10,17H,4,11-12,22H2,1-3H3. The normalized spacial score (nSPS) is 13.8. The van der Waals surface area contributed by atoms with Crippen LogP contribution in [0, 0.1) is 0 Å². The number of rotatable bonds is 7. The quantitative estimate of drug-likeness (QED) is 0.583. The number of hydrogen-bond acceptors (Lipinski definition) is 6. The van der Waals surface area contributed by atoms with Gasteiger partial charge in [0.05, 0.1) is 33.3 Å². The van der Waals surface area contributed by atoms with Gasteiger partial charge in [-0.15, -0.1) is 0 Å². The molecule has 3 rings (SSSR count). The number of methoxy groups -OCH3 is 2. The van der Waals surface area contributed by atoms with Crippen molar-refractivity contribution in [1.29, 1.82) is 0 Å². The van der Waals surface area contributed by atoms with Crippen LogP contribution in [0.3, 0.4) is 0 Å². The molecule has 1 aliphatic heterocycles. The zero-order chi connectivity index (χ0) is 20.3. The molecule has 1 heterocycles. The Labute approximate surface area is 164 Å². The molecule has 2 N–H and O–H groups in total. The average Bonchev–Trinajstić information content (AvgIpc) is 3.01. The van der Waals surface area contributed by atoms with Crippen molar-refractivity contribution in [1.82, 2.24) is 4.90 Å². The fourth-order valence-electron chi connectivity index (χ4n) is 3.43. The zero-order valence-electron chi connectivity index (χ0n) is 16.2. The Morgan fingerprint density at radius 3 is 2.64 bits per heavy atom. The highest BCUT2D eigenvalue weighted by molar-refractivity contribution is 5.99. The Hall–Kier alpha value is -3.22. The van der Waals surface area contributed by atoms with Gasteiger partial charge in [0.15, 0.2) is 11.5 Å². The van der Waals surface area contributed by atoms with E-state index in [1.165, 1.54) is 7.11 Å². The molecule has 0 radical (unpaired) electrons. The van der Waals surface area contributed by atoms with Crippen LogP contribution in [0.2, 0.25) is 0 Å². The van der Waals surface area contributed by atoms with Gasteiger partial charge in [-0.3, -0.25) is 9.59 Å². The fourth-order valence-corrected chi connectivity index (χ4v) is 3.43. The Balaban J connectivity index is 2.00. The van der Waals surface area contributed by atoms with E-state index in [0.717, 1.165) is 11.1 Å². The first-order chi connectivity index (χ1) is 13.5. The van der Waals surface area contributed by atoms with Crippen LogP contribution in [0.1, 0.15) is 40.9 Å². The van der Waals surface area contributed by atoms with E-state index in [1.54, 1.807) is 42.3 Å². The predicted octanol–water partition coefficient (Wildman–Crippen LogP) is 2.94. The van der Waals surface area contributed by atoms with Gasteiger partial charge in [0.2, 0.25) is 0 Å². The molecule has 0 aromatic heterocycles. The minimum absolute atomic E-state index is 0.0314. The lowest BCUT2D eigenvalue weighted by Crippen LogP contribution is -2.31. The van der Waals surface area contributed by atoms with Crippen LogP contribution in [0.4, 0.5) is 5.69 Å².